The third kappa shape index (κ3) is 1.18. The first kappa shape index (κ1) is 7.24. The largest absolute Gasteiger partial charge is 0.219 e. The van der Waals surface area contributed by atoms with Crippen molar-refractivity contribution in [2.75, 3.05) is 0 Å². The fraction of sp³-hybridized carbons (Fsp3) is 0. The first-order chi connectivity index (χ1) is 5.27. The van der Waals surface area contributed by atoms with Gasteiger partial charge in [-0.2, -0.15) is 5.10 Å². The summed E-state index contributed by atoms with van der Waals surface area (Å²) in [5, 5.41) is 3.99. The van der Waals surface area contributed by atoms with E-state index in [1.807, 2.05) is 12.3 Å². The van der Waals surface area contributed by atoms with Gasteiger partial charge in [0.15, 0.2) is 5.65 Å². The normalized spacial score (nSPS) is 10.7. The predicted octanol–water partition coefficient (Wildman–Crippen LogP) is 2.25. The van der Waals surface area contributed by atoms with Crippen molar-refractivity contribution in [3.63, 3.8) is 0 Å². The molecule has 56 valence electrons. The Kier molecular flexibility index (Phi) is 1.69. The van der Waals surface area contributed by atoms with Crippen molar-refractivity contribution in [1.82, 2.24) is 14.6 Å². The van der Waals surface area contributed by atoms with Gasteiger partial charge in [0.05, 0.1) is 4.47 Å². The number of nitrogens with zero attached hydrogens (tertiary/aromatic N) is 3. The van der Waals surface area contributed by atoms with Crippen LogP contribution in [0.5, 0.6) is 0 Å². The minimum atomic E-state index is 0.827. The molecule has 0 unspecified atom stereocenters. The molecule has 0 saturated carbocycles. The lowest BCUT2D eigenvalue weighted by Gasteiger charge is -1.94. The third-order valence-corrected chi connectivity index (χ3v) is 2.31. The van der Waals surface area contributed by atoms with Crippen molar-refractivity contribution in [3.05, 3.63) is 27.5 Å². The van der Waals surface area contributed by atoms with Gasteiger partial charge >= 0.3 is 0 Å². The molecule has 2 aromatic rings. The van der Waals surface area contributed by atoms with Crippen LogP contribution in [-0.2, 0) is 0 Å². The fourth-order valence-electron chi connectivity index (χ4n) is 0.855. The Bertz CT molecular complexity index is 396. The lowest BCUT2D eigenvalue weighted by atomic mass is 10.5. The second-order valence-corrected chi connectivity index (χ2v) is 3.80. The molecule has 2 rings (SSSR count). The minimum absolute atomic E-state index is 0.827. The van der Waals surface area contributed by atoms with E-state index >= 15 is 0 Å². The predicted molar refractivity (Wildman–Crippen MR) is 48.4 cm³/mol. The van der Waals surface area contributed by atoms with Gasteiger partial charge < -0.3 is 0 Å². The van der Waals surface area contributed by atoms with Crippen LogP contribution in [0.25, 0.3) is 5.65 Å². The molecule has 0 aromatic carbocycles. The second-order valence-electron chi connectivity index (χ2n) is 2.03. The Morgan fingerprint density at radius 1 is 1.36 bits per heavy atom. The zero-order valence-electron chi connectivity index (χ0n) is 5.33. The Morgan fingerprint density at radius 3 is 3.00 bits per heavy atom. The summed E-state index contributed by atoms with van der Waals surface area (Å²) in [6.45, 7) is 0. The minimum Gasteiger partial charge on any atom is -0.219 e. The summed E-state index contributed by atoms with van der Waals surface area (Å²) < 4.78 is 3.61. The van der Waals surface area contributed by atoms with Crippen molar-refractivity contribution in [1.29, 1.82) is 0 Å². The van der Waals surface area contributed by atoms with Crippen LogP contribution in [0.1, 0.15) is 0 Å². The molecule has 3 nitrogen and oxygen atoms in total. The Hall–Kier alpha value is -0.420. The molecule has 0 fully saturated rings. The zero-order valence-corrected chi connectivity index (χ0v) is 8.50. The number of rotatable bonds is 0. The van der Waals surface area contributed by atoms with E-state index < -0.39 is 0 Å². The number of fused-ring (bicyclic) bond motifs is 1. The van der Waals surface area contributed by atoms with Crippen molar-refractivity contribution < 1.29 is 0 Å². The summed E-state index contributed by atoms with van der Waals surface area (Å²) in [5.74, 6) is 0. The molecule has 5 heteroatoms. The molecule has 0 aliphatic heterocycles. The maximum atomic E-state index is 4.04. The molecule has 0 saturated heterocycles. The van der Waals surface area contributed by atoms with E-state index in [0.717, 1.165) is 14.6 Å². The highest BCUT2D eigenvalue weighted by Crippen LogP contribution is 2.20. The summed E-state index contributed by atoms with van der Waals surface area (Å²) in [6.07, 6.45) is 3.37. The van der Waals surface area contributed by atoms with E-state index in [1.54, 1.807) is 4.52 Å². The molecule has 0 aliphatic rings. The molecule has 2 aromatic heterocycles. The van der Waals surface area contributed by atoms with Crippen LogP contribution >= 0.6 is 31.9 Å². The van der Waals surface area contributed by atoms with Crippen molar-refractivity contribution in [2.24, 2.45) is 0 Å². The van der Waals surface area contributed by atoms with Crippen LogP contribution in [0.15, 0.2) is 27.5 Å². The first-order valence-corrected chi connectivity index (χ1v) is 4.50. The summed E-state index contributed by atoms with van der Waals surface area (Å²) in [4.78, 5) is 4.04. The molecule has 0 spiro atoms. The molecule has 11 heavy (non-hydrogen) atoms. The number of halogens is 2. The van der Waals surface area contributed by atoms with Gasteiger partial charge in [0.1, 0.15) is 6.33 Å². The second kappa shape index (κ2) is 2.57. The number of hydrogen-bond acceptors (Lipinski definition) is 2. The number of hydrogen-bond donors (Lipinski definition) is 0. The SMILES string of the molecule is Brc1cc(Br)c2ncnn2c1. The average molecular weight is 277 g/mol. The highest BCUT2D eigenvalue weighted by Gasteiger charge is 2.00. The molecule has 0 amide bonds. The quantitative estimate of drug-likeness (QED) is 0.739. The topological polar surface area (TPSA) is 30.2 Å². The van der Waals surface area contributed by atoms with Crippen LogP contribution in [0.4, 0.5) is 0 Å². The molecular weight excluding hydrogens is 274 g/mol. The van der Waals surface area contributed by atoms with Gasteiger partial charge in [0.25, 0.3) is 0 Å². The van der Waals surface area contributed by atoms with Gasteiger partial charge in [-0.15, -0.1) is 0 Å². The molecule has 0 radical (unpaired) electrons. The van der Waals surface area contributed by atoms with Crippen molar-refractivity contribution >= 4 is 37.5 Å². The van der Waals surface area contributed by atoms with Crippen LogP contribution < -0.4 is 0 Å². The van der Waals surface area contributed by atoms with Gasteiger partial charge in [-0.05, 0) is 37.9 Å². The van der Waals surface area contributed by atoms with Crippen LogP contribution in [0, 0.1) is 0 Å². The molecule has 0 atom stereocenters. The Labute approximate surface area is 79.7 Å². The summed E-state index contributed by atoms with van der Waals surface area (Å²) in [5.41, 5.74) is 0.827. The number of aromatic nitrogens is 3. The fourth-order valence-corrected chi connectivity index (χ4v) is 2.12. The van der Waals surface area contributed by atoms with E-state index in [0.29, 0.717) is 0 Å². The van der Waals surface area contributed by atoms with E-state index in [1.165, 1.54) is 6.33 Å². The molecule has 0 N–H and O–H groups in total. The maximum Gasteiger partial charge on any atom is 0.169 e. The lowest BCUT2D eigenvalue weighted by Crippen LogP contribution is -1.86. The first-order valence-electron chi connectivity index (χ1n) is 2.92. The molecule has 2 heterocycles. The van der Waals surface area contributed by atoms with Gasteiger partial charge in [0, 0.05) is 10.7 Å². The number of pyridine rings is 1. The summed E-state index contributed by atoms with van der Waals surface area (Å²) in [6, 6.07) is 1.93. The maximum absolute atomic E-state index is 4.04. The highest BCUT2D eigenvalue weighted by molar-refractivity contribution is 9.11. The van der Waals surface area contributed by atoms with E-state index in [2.05, 4.69) is 41.9 Å². The lowest BCUT2D eigenvalue weighted by molar-refractivity contribution is 0.953. The highest BCUT2D eigenvalue weighted by atomic mass is 79.9. The van der Waals surface area contributed by atoms with E-state index in [-0.39, 0.29) is 0 Å². The van der Waals surface area contributed by atoms with E-state index in [4.69, 9.17) is 0 Å². The van der Waals surface area contributed by atoms with E-state index in [9.17, 15) is 0 Å². The smallest absolute Gasteiger partial charge is 0.169 e. The van der Waals surface area contributed by atoms with Gasteiger partial charge in [0.2, 0.25) is 0 Å². The summed E-state index contributed by atoms with van der Waals surface area (Å²) in [7, 11) is 0. The monoisotopic (exact) mass is 275 g/mol. The van der Waals surface area contributed by atoms with Crippen LogP contribution in [-0.4, -0.2) is 14.6 Å². The third-order valence-electron chi connectivity index (χ3n) is 1.30. The van der Waals surface area contributed by atoms with Crippen LogP contribution in [0.3, 0.4) is 0 Å². The van der Waals surface area contributed by atoms with Gasteiger partial charge in [-0.3, -0.25) is 0 Å². The average Bonchev–Trinajstić information content (AvgIpc) is 2.34. The standard InChI is InChI=1S/C6H3Br2N3/c7-4-1-5(8)6-9-3-10-11(6)2-4/h1-3H. The van der Waals surface area contributed by atoms with Crippen LogP contribution in [0.2, 0.25) is 0 Å². The van der Waals surface area contributed by atoms with Crippen molar-refractivity contribution in [3.8, 4) is 0 Å². The molecular formula is C6H3Br2N3. The zero-order chi connectivity index (χ0) is 7.84. The Balaban J connectivity index is 2.91. The van der Waals surface area contributed by atoms with Gasteiger partial charge in [-0.1, -0.05) is 0 Å². The van der Waals surface area contributed by atoms with Gasteiger partial charge in [-0.25, -0.2) is 9.50 Å². The molecule has 0 bridgehead atoms. The summed E-state index contributed by atoms with van der Waals surface area (Å²) >= 11 is 6.72. The molecule has 0 aliphatic carbocycles. The Morgan fingerprint density at radius 2 is 2.18 bits per heavy atom. The van der Waals surface area contributed by atoms with Crippen molar-refractivity contribution in [2.45, 2.75) is 0 Å².